The molecule has 1 aromatic rings. The molecule has 0 radical (unpaired) electrons. The summed E-state index contributed by atoms with van der Waals surface area (Å²) in [7, 11) is 0. The average Bonchev–Trinajstić information content (AvgIpc) is 3.06. The second-order valence-electron chi connectivity index (χ2n) is 8.48. The van der Waals surface area contributed by atoms with Crippen molar-refractivity contribution in [2.75, 3.05) is 26.2 Å². The molecule has 4 N–H and O–H groups in total. The molecule has 3 aliphatic heterocycles. The predicted molar refractivity (Wildman–Crippen MR) is 106 cm³/mol. The minimum atomic E-state index is -0.592. The number of carbonyl (C=O) groups excluding carboxylic acids is 3. The molecule has 8 nitrogen and oxygen atoms in total. The first-order chi connectivity index (χ1) is 14.0. The maximum atomic E-state index is 12.9. The van der Waals surface area contributed by atoms with E-state index in [0.29, 0.717) is 25.1 Å². The van der Waals surface area contributed by atoms with Gasteiger partial charge in [-0.1, -0.05) is 12.1 Å². The van der Waals surface area contributed by atoms with E-state index < -0.39 is 6.04 Å². The Labute approximate surface area is 170 Å². The van der Waals surface area contributed by atoms with Crippen molar-refractivity contribution < 1.29 is 19.5 Å². The number of nitrogens with one attached hydrogen (secondary N) is 1. The molecule has 0 saturated carbocycles. The highest BCUT2D eigenvalue weighted by atomic mass is 16.3. The Morgan fingerprint density at radius 1 is 1.21 bits per heavy atom. The van der Waals surface area contributed by atoms with Crippen LogP contribution < -0.4 is 11.1 Å². The molecule has 3 amide bonds. The molecule has 0 spiro atoms. The van der Waals surface area contributed by atoms with Crippen LogP contribution in [0.5, 0.6) is 0 Å². The van der Waals surface area contributed by atoms with Crippen LogP contribution in [0.3, 0.4) is 0 Å². The van der Waals surface area contributed by atoms with Crippen LogP contribution in [-0.4, -0.2) is 64.9 Å². The van der Waals surface area contributed by atoms with Crippen molar-refractivity contribution in [1.82, 2.24) is 15.1 Å². The van der Waals surface area contributed by atoms with E-state index in [1.165, 1.54) is 0 Å². The summed E-state index contributed by atoms with van der Waals surface area (Å²) in [6.07, 6.45) is 2.34. The second-order valence-corrected chi connectivity index (χ2v) is 8.48. The second kappa shape index (κ2) is 7.85. The number of amides is 3. The van der Waals surface area contributed by atoms with E-state index in [2.05, 4.69) is 10.2 Å². The van der Waals surface area contributed by atoms with Gasteiger partial charge in [0.15, 0.2) is 0 Å². The molecule has 2 fully saturated rings. The zero-order valence-corrected chi connectivity index (χ0v) is 16.5. The lowest BCUT2D eigenvalue weighted by atomic mass is 9.79. The molecular formula is C21H28N4O4. The summed E-state index contributed by atoms with van der Waals surface area (Å²) in [4.78, 5) is 40.5. The number of hydrogen-bond donors (Lipinski definition) is 3. The Balaban J connectivity index is 1.48. The van der Waals surface area contributed by atoms with Crippen LogP contribution in [0.4, 0.5) is 0 Å². The molecule has 2 saturated heterocycles. The van der Waals surface area contributed by atoms with E-state index in [0.717, 1.165) is 43.6 Å². The van der Waals surface area contributed by atoms with Gasteiger partial charge in [0.05, 0.1) is 0 Å². The SMILES string of the molecule is NCC1(CO)CCN(Cc2cccc3c2CN(C2CCC(=O)NC2=O)C3=O)CC1. The van der Waals surface area contributed by atoms with Crippen LogP contribution in [0, 0.1) is 5.41 Å². The molecule has 1 aromatic carbocycles. The van der Waals surface area contributed by atoms with E-state index in [-0.39, 0.29) is 36.2 Å². The van der Waals surface area contributed by atoms with Gasteiger partial charge >= 0.3 is 0 Å². The summed E-state index contributed by atoms with van der Waals surface area (Å²) in [6.45, 7) is 3.44. The van der Waals surface area contributed by atoms with Crippen molar-refractivity contribution in [2.45, 2.75) is 44.8 Å². The smallest absolute Gasteiger partial charge is 0.255 e. The molecule has 1 unspecified atom stereocenters. The highest BCUT2D eigenvalue weighted by Crippen LogP contribution is 2.33. The van der Waals surface area contributed by atoms with Crippen molar-refractivity contribution in [3.63, 3.8) is 0 Å². The Morgan fingerprint density at radius 3 is 2.62 bits per heavy atom. The van der Waals surface area contributed by atoms with Crippen molar-refractivity contribution in [3.05, 3.63) is 34.9 Å². The Morgan fingerprint density at radius 2 is 1.97 bits per heavy atom. The number of fused-ring (bicyclic) bond motifs is 1. The zero-order valence-electron chi connectivity index (χ0n) is 16.5. The van der Waals surface area contributed by atoms with Crippen molar-refractivity contribution in [2.24, 2.45) is 11.1 Å². The maximum Gasteiger partial charge on any atom is 0.255 e. The van der Waals surface area contributed by atoms with Gasteiger partial charge in [0.2, 0.25) is 11.8 Å². The summed E-state index contributed by atoms with van der Waals surface area (Å²) in [5.74, 6) is -0.808. The van der Waals surface area contributed by atoms with Gasteiger partial charge in [0, 0.05) is 43.6 Å². The summed E-state index contributed by atoms with van der Waals surface area (Å²) in [5.41, 5.74) is 8.41. The molecule has 156 valence electrons. The number of carbonyl (C=O) groups is 3. The van der Waals surface area contributed by atoms with E-state index in [1.54, 1.807) is 4.90 Å². The molecule has 0 bridgehead atoms. The minimum Gasteiger partial charge on any atom is -0.396 e. The van der Waals surface area contributed by atoms with Crippen LogP contribution in [0.1, 0.15) is 47.2 Å². The van der Waals surface area contributed by atoms with Gasteiger partial charge in [-0.2, -0.15) is 0 Å². The largest absolute Gasteiger partial charge is 0.396 e. The first kappa shape index (κ1) is 20.0. The number of imide groups is 1. The molecule has 3 aliphatic rings. The Hall–Kier alpha value is -2.29. The molecule has 8 heteroatoms. The molecule has 29 heavy (non-hydrogen) atoms. The van der Waals surface area contributed by atoms with Crippen molar-refractivity contribution in [1.29, 1.82) is 0 Å². The topological polar surface area (TPSA) is 116 Å². The monoisotopic (exact) mass is 400 g/mol. The third-order valence-electron chi connectivity index (χ3n) is 6.76. The van der Waals surface area contributed by atoms with Crippen LogP contribution in [0.25, 0.3) is 0 Å². The van der Waals surface area contributed by atoms with E-state index in [1.807, 2.05) is 18.2 Å². The third kappa shape index (κ3) is 3.68. The van der Waals surface area contributed by atoms with Gasteiger partial charge in [0.1, 0.15) is 6.04 Å². The number of piperidine rings is 2. The number of aliphatic hydroxyl groups excluding tert-OH is 1. The van der Waals surface area contributed by atoms with Gasteiger partial charge in [-0.15, -0.1) is 0 Å². The molecule has 3 heterocycles. The number of rotatable bonds is 5. The van der Waals surface area contributed by atoms with Gasteiger partial charge < -0.3 is 15.7 Å². The normalized spacial score (nSPS) is 24.6. The fourth-order valence-electron chi connectivity index (χ4n) is 4.65. The van der Waals surface area contributed by atoms with E-state index >= 15 is 0 Å². The lowest BCUT2D eigenvalue weighted by Crippen LogP contribution is -2.52. The summed E-state index contributed by atoms with van der Waals surface area (Å²) >= 11 is 0. The Kier molecular flexibility index (Phi) is 5.42. The fourth-order valence-corrected chi connectivity index (χ4v) is 4.65. The van der Waals surface area contributed by atoms with Gasteiger partial charge in [-0.25, -0.2) is 0 Å². The van der Waals surface area contributed by atoms with Crippen molar-refractivity contribution >= 4 is 17.7 Å². The predicted octanol–water partition coefficient (Wildman–Crippen LogP) is -0.0192. The summed E-state index contributed by atoms with van der Waals surface area (Å²) < 4.78 is 0. The number of hydrogen-bond acceptors (Lipinski definition) is 6. The van der Waals surface area contributed by atoms with Crippen LogP contribution in [0.2, 0.25) is 0 Å². The molecular weight excluding hydrogens is 372 g/mol. The van der Waals surface area contributed by atoms with E-state index in [4.69, 9.17) is 5.73 Å². The zero-order chi connectivity index (χ0) is 20.6. The number of aliphatic hydroxyl groups is 1. The highest BCUT2D eigenvalue weighted by molar-refractivity contribution is 6.05. The lowest BCUT2D eigenvalue weighted by Gasteiger charge is -2.40. The standard InChI is InChI=1S/C21H28N4O4/c22-12-21(13-26)6-8-24(9-7-21)10-14-2-1-3-15-16(14)11-25(20(15)29)17-4-5-18(27)23-19(17)28/h1-3,17,26H,4-13,22H2,(H,23,27,28). The first-order valence-electron chi connectivity index (χ1n) is 10.2. The number of nitrogens with zero attached hydrogens (tertiary/aromatic N) is 2. The van der Waals surface area contributed by atoms with Gasteiger partial charge in [-0.3, -0.25) is 24.6 Å². The highest BCUT2D eigenvalue weighted by Gasteiger charge is 2.40. The summed E-state index contributed by atoms with van der Waals surface area (Å²) in [6, 6.07) is 5.15. The minimum absolute atomic E-state index is 0.119. The quantitative estimate of drug-likeness (QED) is 0.599. The molecule has 1 atom stereocenters. The van der Waals surface area contributed by atoms with Crippen molar-refractivity contribution in [3.8, 4) is 0 Å². The fraction of sp³-hybridized carbons (Fsp3) is 0.571. The number of nitrogens with two attached hydrogens (primary N) is 1. The van der Waals surface area contributed by atoms with Crippen LogP contribution in [0.15, 0.2) is 18.2 Å². The third-order valence-corrected chi connectivity index (χ3v) is 6.76. The lowest BCUT2D eigenvalue weighted by molar-refractivity contribution is -0.136. The van der Waals surface area contributed by atoms with Crippen LogP contribution in [-0.2, 0) is 22.7 Å². The summed E-state index contributed by atoms with van der Waals surface area (Å²) in [5, 5.41) is 12.0. The van der Waals surface area contributed by atoms with Gasteiger partial charge in [-0.05, 0) is 49.5 Å². The maximum absolute atomic E-state index is 12.9. The molecule has 4 rings (SSSR count). The van der Waals surface area contributed by atoms with Gasteiger partial charge in [0.25, 0.3) is 5.91 Å². The molecule has 0 aliphatic carbocycles. The average molecular weight is 400 g/mol. The number of benzene rings is 1. The van der Waals surface area contributed by atoms with E-state index in [9.17, 15) is 19.5 Å². The first-order valence-corrected chi connectivity index (χ1v) is 10.2. The molecule has 0 aromatic heterocycles. The van der Waals surface area contributed by atoms with Crippen LogP contribution >= 0.6 is 0 Å². The number of likely N-dealkylation sites (tertiary alicyclic amines) is 1. The Bertz CT molecular complexity index is 826.